The molecule has 8 nitrogen and oxygen atoms in total. The summed E-state index contributed by atoms with van der Waals surface area (Å²) in [6.45, 7) is 2.99. The molecule has 0 atom stereocenters. The quantitative estimate of drug-likeness (QED) is 0.747. The molecule has 9 heteroatoms. The third-order valence-electron chi connectivity index (χ3n) is 3.99. The van der Waals surface area contributed by atoms with Gasteiger partial charge < -0.3 is 14.2 Å². The first-order valence-corrected chi connectivity index (χ1v) is 7.62. The van der Waals surface area contributed by atoms with Crippen LogP contribution in [0, 0.1) is 0 Å². The normalized spacial score (nSPS) is 15.3. The van der Waals surface area contributed by atoms with E-state index in [2.05, 4.69) is 30.0 Å². The Bertz CT molecular complexity index is 897. The summed E-state index contributed by atoms with van der Waals surface area (Å²) in [5.41, 5.74) is 1.15. The minimum Gasteiger partial charge on any atom is -0.365 e. The van der Waals surface area contributed by atoms with Crippen molar-refractivity contribution in [2.75, 3.05) is 36.0 Å². The van der Waals surface area contributed by atoms with Crippen molar-refractivity contribution in [3.8, 4) is 0 Å². The fourth-order valence-corrected chi connectivity index (χ4v) is 3.03. The number of piperazine rings is 1. The fraction of sp³-hybridized carbons (Fsp3) is 0.286. The zero-order valence-corrected chi connectivity index (χ0v) is 12.9. The van der Waals surface area contributed by atoms with Gasteiger partial charge in [0.15, 0.2) is 11.5 Å². The summed E-state index contributed by atoms with van der Waals surface area (Å²) in [5, 5.41) is 6.35. The van der Waals surface area contributed by atoms with Gasteiger partial charge in [0.05, 0.1) is 11.9 Å². The lowest BCUT2D eigenvalue weighted by atomic mass is 10.3. The van der Waals surface area contributed by atoms with E-state index in [0.717, 1.165) is 37.6 Å². The molecule has 23 heavy (non-hydrogen) atoms. The predicted molar refractivity (Wildman–Crippen MR) is 87.3 cm³/mol. The number of H-pyrrole nitrogens is 1. The molecular formula is C14H14ClN7O. The highest BCUT2D eigenvalue weighted by atomic mass is 35.5. The molecular weight excluding hydrogens is 318 g/mol. The van der Waals surface area contributed by atoms with E-state index in [1.54, 1.807) is 18.6 Å². The molecule has 3 aromatic heterocycles. The molecule has 0 unspecified atom stereocenters. The molecule has 0 aromatic carbocycles. The second kappa shape index (κ2) is 5.54. The zero-order chi connectivity index (χ0) is 15.8. The average molecular weight is 332 g/mol. The average Bonchev–Trinajstić information content (AvgIpc) is 3.06. The first-order chi connectivity index (χ1) is 11.2. The van der Waals surface area contributed by atoms with Gasteiger partial charge in [0.25, 0.3) is 5.56 Å². The van der Waals surface area contributed by atoms with Gasteiger partial charge in [-0.1, -0.05) is 11.6 Å². The van der Waals surface area contributed by atoms with Crippen molar-refractivity contribution in [1.82, 2.24) is 24.6 Å². The summed E-state index contributed by atoms with van der Waals surface area (Å²) >= 11 is 6.08. The second-order valence-electron chi connectivity index (χ2n) is 5.28. The van der Waals surface area contributed by atoms with E-state index in [1.165, 1.54) is 0 Å². The first kappa shape index (κ1) is 14.0. The number of imidazole rings is 1. The maximum Gasteiger partial charge on any atom is 0.285 e. The van der Waals surface area contributed by atoms with Gasteiger partial charge >= 0.3 is 0 Å². The van der Waals surface area contributed by atoms with Crippen LogP contribution in [0.15, 0.2) is 35.8 Å². The second-order valence-corrected chi connectivity index (χ2v) is 5.66. The summed E-state index contributed by atoms with van der Waals surface area (Å²) < 4.78 is 1.95. The topological polar surface area (TPSA) is 82.4 Å². The number of fused-ring (bicyclic) bond motifs is 1. The van der Waals surface area contributed by atoms with Gasteiger partial charge in [-0.25, -0.2) is 15.1 Å². The van der Waals surface area contributed by atoms with Gasteiger partial charge in [0.2, 0.25) is 0 Å². The van der Waals surface area contributed by atoms with Gasteiger partial charge in [0.1, 0.15) is 5.02 Å². The highest BCUT2D eigenvalue weighted by Gasteiger charge is 2.22. The van der Waals surface area contributed by atoms with Crippen LogP contribution in [0.1, 0.15) is 0 Å². The highest BCUT2D eigenvalue weighted by molar-refractivity contribution is 6.33. The Labute approximate surface area is 136 Å². The lowest BCUT2D eigenvalue weighted by Gasteiger charge is -2.36. The molecule has 0 radical (unpaired) electrons. The standard InChI is InChI=1S/C14H14ClN7O/c15-11-10(9-18-19-14(11)23)20-5-7-22(8-6-20)13-12-16-1-3-21(12)4-2-17-13/h1-4,9H,5-8H2,(H,19,23). The van der Waals surface area contributed by atoms with Crippen LogP contribution in [0.4, 0.5) is 11.5 Å². The molecule has 4 heterocycles. The Kier molecular flexibility index (Phi) is 3.38. The molecule has 0 spiro atoms. The Morgan fingerprint density at radius 1 is 1.04 bits per heavy atom. The number of aromatic amines is 1. The largest absolute Gasteiger partial charge is 0.365 e. The lowest BCUT2D eigenvalue weighted by Crippen LogP contribution is -2.47. The van der Waals surface area contributed by atoms with Gasteiger partial charge in [-0.2, -0.15) is 5.10 Å². The number of nitrogens with zero attached hydrogens (tertiary/aromatic N) is 6. The molecule has 118 valence electrons. The number of nitrogens with one attached hydrogen (secondary N) is 1. The number of aromatic nitrogens is 5. The molecule has 1 aliphatic heterocycles. The monoisotopic (exact) mass is 331 g/mol. The number of hydrogen-bond acceptors (Lipinski definition) is 6. The fourth-order valence-electron chi connectivity index (χ4n) is 2.82. The Morgan fingerprint density at radius 3 is 2.52 bits per heavy atom. The van der Waals surface area contributed by atoms with E-state index < -0.39 is 0 Å². The predicted octanol–water partition coefficient (Wildman–Crippen LogP) is 0.793. The van der Waals surface area contributed by atoms with E-state index in [4.69, 9.17) is 11.6 Å². The summed E-state index contributed by atoms with van der Waals surface area (Å²) in [7, 11) is 0. The highest BCUT2D eigenvalue weighted by Crippen LogP contribution is 2.24. The summed E-state index contributed by atoms with van der Waals surface area (Å²) in [4.78, 5) is 24.7. The third kappa shape index (κ3) is 2.40. The molecule has 4 rings (SSSR count). The van der Waals surface area contributed by atoms with Crippen LogP contribution in [0.25, 0.3) is 5.65 Å². The summed E-state index contributed by atoms with van der Waals surface area (Å²) in [5.74, 6) is 0.868. The van der Waals surface area contributed by atoms with Crippen molar-refractivity contribution in [2.24, 2.45) is 0 Å². The van der Waals surface area contributed by atoms with E-state index >= 15 is 0 Å². The van der Waals surface area contributed by atoms with E-state index in [1.807, 2.05) is 16.8 Å². The van der Waals surface area contributed by atoms with Crippen LogP contribution >= 0.6 is 11.6 Å². The molecule has 0 saturated carbocycles. The van der Waals surface area contributed by atoms with Gasteiger partial charge in [0, 0.05) is 51.0 Å². The molecule has 0 amide bonds. The molecule has 1 fully saturated rings. The Hall–Kier alpha value is -2.61. The lowest BCUT2D eigenvalue weighted by molar-refractivity contribution is 0.645. The Balaban J connectivity index is 1.56. The van der Waals surface area contributed by atoms with Crippen LogP contribution < -0.4 is 15.4 Å². The number of halogens is 1. The zero-order valence-electron chi connectivity index (χ0n) is 12.2. The van der Waals surface area contributed by atoms with Crippen molar-refractivity contribution >= 4 is 28.8 Å². The molecule has 1 aliphatic rings. The number of anilines is 2. The van der Waals surface area contributed by atoms with Gasteiger partial charge in [-0.15, -0.1) is 0 Å². The SMILES string of the molecule is O=c1[nH]ncc(N2CCN(c3nccn4ccnc34)CC2)c1Cl. The smallest absolute Gasteiger partial charge is 0.285 e. The minimum atomic E-state index is -0.365. The molecule has 3 aromatic rings. The minimum absolute atomic E-state index is 0.182. The summed E-state index contributed by atoms with van der Waals surface area (Å²) in [6, 6.07) is 0. The van der Waals surface area contributed by atoms with Crippen molar-refractivity contribution in [3.63, 3.8) is 0 Å². The summed E-state index contributed by atoms with van der Waals surface area (Å²) in [6.07, 6.45) is 8.90. The van der Waals surface area contributed by atoms with Crippen LogP contribution in [0.3, 0.4) is 0 Å². The number of hydrogen-bond donors (Lipinski definition) is 1. The van der Waals surface area contributed by atoms with Crippen molar-refractivity contribution in [3.05, 3.63) is 46.4 Å². The number of rotatable bonds is 2. The van der Waals surface area contributed by atoms with Crippen molar-refractivity contribution in [1.29, 1.82) is 0 Å². The van der Waals surface area contributed by atoms with Gasteiger partial charge in [-0.05, 0) is 0 Å². The van der Waals surface area contributed by atoms with Gasteiger partial charge in [-0.3, -0.25) is 4.79 Å². The van der Waals surface area contributed by atoms with E-state index in [9.17, 15) is 4.79 Å². The maximum absolute atomic E-state index is 11.6. The van der Waals surface area contributed by atoms with Crippen LogP contribution in [-0.2, 0) is 0 Å². The van der Waals surface area contributed by atoms with E-state index in [-0.39, 0.29) is 10.6 Å². The molecule has 0 aliphatic carbocycles. The van der Waals surface area contributed by atoms with Crippen molar-refractivity contribution in [2.45, 2.75) is 0 Å². The van der Waals surface area contributed by atoms with Crippen LogP contribution in [0.5, 0.6) is 0 Å². The third-order valence-corrected chi connectivity index (χ3v) is 4.36. The Morgan fingerprint density at radius 2 is 1.74 bits per heavy atom. The van der Waals surface area contributed by atoms with Crippen molar-refractivity contribution < 1.29 is 0 Å². The van der Waals surface area contributed by atoms with Crippen LogP contribution in [0.2, 0.25) is 5.02 Å². The molecule has 1 N–H and O–H groups in total. The molecule has 1 saturated heterocycles. The first-order valence-electron chi connectivity index (χ1n) is 7.25. The van der Waals surface area contributed by atoms with Crippen LogP contribution in [-0.4, -0.2) is 50.7 Å². The van der Waals surface area contributed by atoms with E-state index in [0.29, 0.717) is 5.69 Å². The molecule has 0 bridgehead atoms. The maximum atomic E-state index is 11.6.